The first-order valence-electron chi connectivity index (χ1n) is 6.07. The zero-order valence-corrected chi connectivity index (χ0v) is 11.0. The fourth-order valence-electron chi connectivity index (χ4n) is 2.25. The molecule has 0 bridgehead atoms. The van der Waals surface area contributed by atoms with E-state index in [-0.39, 0.29) is 0 Å². The SMILES string of the molecule is COc1c(C)cc(C)cc1CCCc1nn[nH]n1. The van der Waals surface area contributed by atoms with Crippen molar-refractivity contribution in [3.05, 3.63) is 34.6 Å². The highest BCUT2D eigenvalue weighted by atomic mass is 16.5. The summed E-state index contributed by atoms with van der Waals surface area (Å²) in [7, 11) is 1.72. The number of tetrazole rings is 1. The average molecular weight is 246 g/mol. The maximum atomic E-state index is 5.47. The minimum Gasteiger partial charge on any atom is -0.496 e. The Labute approximate surface area is 107 Å². The summed E-state index contributed by atoms with van der Waals surface area (Å²) in [6.45, 7) is 4.18. The fraction of sp³-hybridized carbons (Fsp3) is 0.462. The van der Waals surface area contributed by atoms with Crippen LogP contribution in [0.25, 0.3) is 0 Å². The Morgan fingerprint density at radius 1 is 1.22 bits per heavy atom. The van der Waals surface area contributed by atoms with Crippen LogP contribution in [0.3, 0.4) is 0 Å². The quantitative estimate of drug-likeness (QED) is 0.876. The number of aromatic nitrogens is 4. The van der Waals surface area contributed by atoms with Gasteiger partial charge in [0.15, 0.2) is 5.82 Å². The molecular weight excluding hydrogens is 228 g/mol. The predicted octanol–water partition coefficient (Wildman–Crippen LogP) is 2.00. The highest BCUT2D eigenvalue weighted by Gasteiger charge is 2.08. The summed E-state index contributed by atoms with van der Waals surface area (Å²) in [6.07, 6.45) is 2.77. The second-order valence-corrected chi connectivity index (χ2v) is 4.46. The predicted molar refractivity (Wildman–Crippen MR) is 68.7 cm³/mol. The van der Waals surface area contributed by atoms with Crippen LogP contribution in [0.1, 0.15) is 28.9 Å². The molecule has 18 heavy (non-hydrogen) atoms. The van der Waals surface area contributed by atoms with Crippen molar-refractivity contribution >= 4 is 0 Å². The van der Waals surface area contributed by atoms with E-state index in [2.05, 4.69) is 46.6 Å². The number of aromatic amines is 1. The van der Waals surface area contributed by atoms with Crippen molar-refractivity contribution < 1.29 is 4.74 Å². The molecular formula is C13H18N4O. The van der Waals surface area contributed by atoms with Crippen LogP contribution >= 0.6 is 0 Å². The number of methoxy groups -OCH3 is 1. The number of H-pyrrole nitrogens is 1. The fourth-order valence-corrected chi connectivity index (χ4v) is 2.25. The second-order valence-electron chi connectivity index (χ2n) is 4.46. The van der Waals surface area contributed by atoms with Crippen LogP contribution in [0, 0.1) is 13.8 Å². The van der Waals surface area contributed by atoms with E-state index in [0.29, 0.717) is 0 Å². The maximum Gasteiger partial charge on any atom is 0.174 e. The zero-order chi connectivity index (χ0) is 13.0. The Morgan fingerprint density at radius 3 is 2.72 bits per heavy atom. The Morgan fingerprint density at radius 2 is 2.06 bits per heavy atom. The van der Waals surface area contributed by atoms with Gasteiger partial charge in [0, 0.05) is 6.42 Å². The van der Waals surface area contributed by atoms with Crippen LogP contribution in [0.2, 0.25) is 0 Å². The number of benzene rings is 1. The molecule has 1 heterocycles. The van der Waals surface area contributed by atoms with E-state index < -0.39 is 0 Å². The van der Waals surface area contributed by atoms with Crippen molar-refractivity contribution in [3.8, 4) is 5.75 Å². The summed E-state index contributed by atoms with van der Waals surface area (Å²) in [5.41, 5.74) is 3.70. The van der Waals surface area contributed by atoms with Gasteiger partial charge in [-0.3, -0.25) is 0 Å². The van der Waals surface area contributed by atoms with Gasteiger partial charge in [-0.1, -0.05) is 22.9 Å². The van der Waals surface area contributed by atoms with Crippen molar-refractivity contribution in [2.24, 2.45) is 0 Å². The van der Waals surface area contributed by atoms with E-state index in [9.17, 15) is 0 Å². The molecule has 1 aromatic heterocycles. The molecule has 0 atom stereocenters. The van der Waals surface area contributed by atoms with E-state index in [1.165, 1.54) is 16.7 Å². The van der Waals surface area contributed by atoms with Crippen LogP contribution in [-0.4, -0.2) is 27.7 Å². The van der Waals surface area contributed by atoms with E-state index in [1.807, 2.05) is 0 Å². The maximum absolute atomic E-state index is 5.47. The van der Waals surface area contributed by atoms with Gasteiger partial charge in [-0.2, -0.15) is 5.21 Å². The number of nitrogens with zero attached hydrogens (tertiary/aromatic N) is 3. The first-order chi connectivity index (χ1) is 8.70. The molecule has 0 spiro atoms. The normalized spacial score (nSPS) is 10.6. The van der Waals surface area contributed by atoms with Gasteiger partial charge in [0.05, 0.1) is 7.11 Å². The lowest BCUT2D eigenvalue weighted by Gasteiger charge is -2.12. The third-order valence-corrected chi connectivity index (χ3v) is 2.94. The first-order valence-corrected chi connectivity index (χ1v) is 6.07. The van der Waals surface area contributed by atoms with Crippen molar-refractivity contribution in [1.82, 2.24) is 20.6 Å². The second kappa shape index (κ2) is 5.62. The molecule has 1 aromatic carbocycles. The highest BCUT2D eigenvalue weighted by Crippen LogP contribution is 2.26. The zero-order valence-electron chi connectivity index (χ0n) is 11.0. The molecule has 2 rings (SSSR count). The molecule has 5 heteroatoms. The van der Waals surface area contributed by atoms with Gasteiger partial charge >= 0.3 is 0 Å². The van der Waals surface area contributed by atoms with Crippen LogP contribution in [0.15, 0.2) is 12.1 Å². The van der Waals surface area contributed by atoms with Gasteiger partial charge in [0.25, 0.3) is 0 Å². The lowest BCUT2D eigenvalue weighted by atomic mass is 10.0. The van der Waals surface area contributed by atoms with Crippen molar-refractivity contribution in [3.63, 3.8) is 0 Å². The van der Waals surface area contributed by atoms with Gasteiger partial charge in [0.1, 0.15) is 5.75 Å². The topological polar surface area (TPSA) is 63.7 Å². The van der Waals surface area contributed by atoms with E-state index >= 15 is 0 Å². The van der Waals surface area contributed by atoms with Crippen LogP contribution in [-0.2, 0) is 12.8 Å². The summed E-state index contributed by atoms with van der Waals surface area (Å²) in [6, 6.07) is 4.32. The smallest absolute Gasteiger partial charge is 0.174 e. The van der Waals surface area contributed by atoms with E-state index in [4.69, 9.17) is 4.74 Å². The number of hydrogen-bond donors (Lipinski definition) is 1. The van der Waals surface area contributed by atoms with Gasteiger partial charge in [-0.05, 0) is 37.8 Å². The highest BCUT2D eigenvalue weighted by molar-refractivity contribution is 5.43. The molecule has 0 unspecified atom stereocenters. The Bertz CT molecular complexity index is 508. The van der Waals surface area contributed by atoms with Gasteiger partial charge < -0.3 is 4.74 Å². The van der Waals surface area contributed by atoms with E-state index in [0.717, 1.165) is 30.8 Å². The molecule has 5 nitrogen and oxygen atoms in total. The number of rotatable bonds is 5. The molecule has 0 aliphatic carbocycles. The Hall–Kier alpha value is -1.91. The van der Waals surface area contributed by atoms with Crippen molar-refractivity contribution in [1.29, 1.82) is 0 Å². The van der Waals surface area contributed by atoms with Crippen molar-refractivity contribution in [2.45, 2.75) is 33.1 Å². The standard InChI is InChI=1S/C13H18N4O/c1-9-7-10(2)13(18-3)11(8-9)5-4-6-12-14-16-17-15-12/h7-8H,4-6H2,1-3H3,(H,14,15,16,17). The molecule has 96 valence electrons. The third-order valence-electron chi connectivity index (χ3n) is 2.94. The third kappa shape index (κ3) is 2.85. The Kier molecular flexibility index (Phi) is 3.92. The summed E-state index contributed by atoms with van der Waals surface area (Å²) in [4.78, 5) is 0. The summed E-state index contributed by atoms with van der Waals surface area (Å²) in [5, 5.41) is 13.9. The molecule has 0 fully saturated rings. The number of nitrogens with one attached hydrogen (secondary N) is 1. The van der Waals surface area contributed by atoms with E-state index in [1.54, 1.807) is 7.11 Å². The molecule has 0 aliphatic rings. The largest absolute Gasteiger partial charge is 0.496 e. The Balaban J connectivity index is 2.04. The number of ether oxygens (including phenoxy) is 1. The summed E-state index contributed by atoms with van der Waals surface area (Å²) >= 11 is 0. The molecule has 2 aromatic rings. The molecule has 0 amide bonds. The molecule has 0 radical (unpaired) electrons. The molecule has 1 N–H and O–H groups in total. The number of aryl methyl sites for hydroxylation is 4. The average Bonchev–Trinajstić information content (AvgIpc) is 2.81. The first kappa shape index (κ1) is 12.5. The summed E-state index contributed by atoms with van der Waals surface area (Å²) < 4.78 is 5.47. The monoisotopic (exact) mass is 246 g/mol. The van der Waals surface area contributed by atoms with Crippen LogP contribution < -0.4 is 4.74 Å². The minimum atomic E-state index is 0.762. The molecule has 0 saturated heterocycles. The van der Waals surface area contributed by atoms with Gasteiger partial charge in [-0.25, -0.2) is 0 Å². The van der Waals surface area contributed by atoms with Crippen LogP contribution in [0.5, 0.6) is 5.75 Å². The van der Waals surface area contributed by atoms with Gasteiger partial charge in [0.2, 0.25) is 0 Å². The summed E-state index contributed by atoms with van der Waals surface area (Å²) in [5.74, 6) is 1.76. The molecule has 0 saturated carbocycles. The number of hydrogen-bond acceptors (Lipinski definition) is 4. The lowest BCUT2D eigenvalue weighted by Crippen LogP contribution is -1.98. The lowest BCUT2D eigenvalue weighted by molar-refractivity contribution is 0.406. The van der Waals surface area contributed by atoms with Gasteiger partial charge in [-0.15, -0.1) is 10.2 Å². The van der Waals surface area contributed by atoms with Crippen molar-refractivity contribution in [2.75, 3.05) is 7.11 Å². The van der Waals surface area contributed by atoms with Crippen LogP contribution in [0.4, 0.5) is 0 Å². The molecule has 0 aliphatic heterocycles. The minimum absolute atomic E-state index is 0.762.